The molecule has 142 valence electrons. The molecule has 0 aromatic heterocycles. The Balaban J connectivity index is 1.72. The van der Waals surface area contributed by atoms with Crippen LogP contribution in [0.25, 0.3) is 10.8 Å². The highest BCUT2D eigenvalue weighted by molar-refractivity contribution is 6.11. The number of hydrogen-bond donors (Lipinski definition) is 1. The fourth-order valence-corrected chi connectivity index (χ4v) is 3.41. The Morgan fingerprint density at radius 2 is 1.89 bits per heavy atom. The molecule has 0 radical (unpaired) electrons. The van der Waals surface area contributed by atoms with Crippen molar-refractivity contribution in [2.75, 3.05) is 16.8 Å². The summed E-state index contributed by atoms with van der Waals surface area (Å²) in [5.41, 5.74) is 1.51. The molecule has 1 amide bonds. The lowest BCUT2D eigenvalue weighted by Gasteiger charge is -2.23. The first-order valence-corrected chi connectivity index (χ1v) is 9.43. The molecular weight excluding hydrogens is 354 g/mol. The minimum Gasteiger partial charge on any atom is -0.377 e. The number of rotatable bonds is 6. The summed E-state index contributed by atoms with van der Waals surface area (Å²) in [4.78, 5) is 26.0. The molecule has 1 aliphatic carbocycles. The molecule has 0 spiro atoms. The topological polar surface area (TPSA) is 75.5 Å². The molecule has 0 aliphatic heterocycles. The molecule has 28 heavy (non-hydrogen) atoms. The number of nitro groups is 1. The number of benzene rings is 3. The number of carbonyl (C=O) groups is 1. The minimum atomic E-state index is -0.435. The number of anilines is 2. The van der Waals surface area contributed by atoms with Crippen LogP contribution < -0.4 is 10.2 Å². The SMILES string of the molecule is CCN(C(=O)c1ccc(NC2CC2)c([N+](=O)[O-])c1)c1cccc2ccccc12. The highest BCUT2D eigenvalue weighted by Crippen LogP contribution is 2.33. The Morgan fingerprint density at radius 3 is 2.61 bits per heavy atom. The second kappa shape index (κ2) is 7.31. The maximum Gasteiger partial charge on any atom is 0.293 e. The zero-order valence-corrected chi connectivity index (χ0v) is 15.6. The van der Waals surface area contributed by atoms with Crippen LogP contribution in [0.3, 0.4) is 0 Å². The number of amides is 1. The predicted molar refractivity (Wildman–Crippen MR) is 111 cm³/mol. The van der Waals surface area contributed by atoms with Gasteiger partial charge < -0.3 is 10.2 Å². The fraction of sp³-hybridized carbons (Fsp3) is 0.227. The summed E-state index contributed by atoms with van der Waals surface area (Å²) in [5, 5.41) is 16.7. The number of nitrogens with one attached hydrogen (secondary N) is 1. The molecule has 0 bridgehead atoms. The van der Waals surface area contributed by atoms with E-state index in [0.29, 0.717) is 23.8 Å². The number of nitrogens with zero attached hydrogens (tertiary/aromatic N) is 2. The van der Waals surface area contributed by atoms with E-state index in [9.17, 15) is 14.9 Å². The number of hydrogen-bond acceptors (Lipinski definition) is 4. The van der Waals surface area contributed by atoms with Gasteiger partial charge in [-0.25, -0.2) is 0 Å². The predicted octanol–water partition coefficient (Wildman–Crippen LogP) is 4.99. The molecule has 3 aromatic carbocycles. The summed E-state index contributed by atoms with van der Waals surface area (Å²) in [6.07, 6.45) is 2.03. The number of carbonyl (C=O) groups excluding carboxylic acids is 1. The lowest BCUT2D eigenvalue weighted by atomic mass is 10.1. The van der Waals surface area contributed by atoms with Gasteiger partial charge in [-0.1, -0.05) is 36.4 Å². The molecule has 1 aliphatic rings. The van der Waals surface area contributed by atoms with E-state index in [1.807, 2.05) is 49.4 Å². The van der Waals surface area contributed by atoms with Crippen LogP contribution in [0, 0.1) is 10.1 Å². The maximum atomic E-state index is 13.2. The smallest absolute Gasteiger partial charge is 0.293 e. The third kappa shape index (κ3) is 3.41. The van der Waals surface area contributed by atoms with Crippen LogP contribution in [0.15, 0.2) is 60.7 Å². The van der Waals surface area contributed by atoms with Gasteiger partial charge in [0.1, 0.15) is 5.69 Å². The molecule has 0 saturated heterocycles. The van der Waals surface area contributed by atoms with Crippen LogP contribution in [0.1, 0.15) is 30.1 Å². The van der Waals surface area contributed by atoms with Gasteiger partial charge in [0.2, 0.25) is 0 Å². The second-order valence-corrected chi connectivity index (χ2v) is 6.96. The van der Waals surface area contributed by atoms with Crippen LogP contribution in [0.2, 0.25) is 0 Å². The highest BCUT2D eigenvalue weighted by atomic mass is 16.6. The summed E-state index contributed by atoms with van der Waals surface area (Å²) in [7, 11) is 0. The van der Waals surface area contributed by atoms with E-state index in [1.165, 1.54) is 6.07 Å². The fourth-order valence-electron chi connectivity index (χ4n) is 3.41. The monoisotopic (exact) mass is 375 g/mol. The summed E-state index contributed by atoms with van der Waals surface area (Å²) in [6, 6.07) is 18.7. The van der Waals surface area contributed by atoms with Crippen molar-refractivity contribution in [2.24, 2.45) is 0 Å². The van der Waals surface area contributed by atoms with E-state index < -0.39 is 4.92 Å². The van der Waals surface area contributed by atoms with E-state index in [1.54, 1.807) is 17.0 Å². The van der Waals surface area contributed by atoms with Crippen molar-refractivity contribution in [3.05, 3.63) is 76.3 Å². The Kier molecular flexibility index (Phi) is 4.69. The van der Waals surface area contributed by atoms with Gasteiger partial charge in [-0.05, 0) is 43.4 Å². The molecule has 1 fully saturated rings. The summed E-state index contributed by atoms with van der Waals surface area (Å²) >= 11 is 0. The normalized spacial score (nSPS) is 13.3. The zero-order chi connectivity index (χ0) is 19.7. The second-order valence-electron chi connectivity index (χ2n) is 6.96. The third-order valence-electron chi connectivity index (χ3n) is 5.00. The third-order valence-corrected chi connectivity index (χ3v) is 5.00. The number of nitro benzene ring substituents is 1. The van der Waals surface area contributed by atoms with Crippen LogP contribution in [-0.4, -0.2) is 23.4 Å². The van der Waals surface area contributed by atoms with Crippen molar-refractivity contribution >= 4 is 33.7 Å². The molecule has 4 rings (SSSR count). The van der Waals surface area contributed by atoms with E-state index in [2.05, 4.69) is 5.32 Å². The van der Waals surface area contributed by atoms with Gasteiger partial charge in [0.25, 0.3) is 11.6 Å². The average Bonchev–Trinajstić information content (AvgIpc) is 3.53. The average molecular weight is 375 g/mol. The molecule has 0 heterocycles. The molecule has 6 nitrogen and oxygen atoms in total. The Hall–Kier alpha value is -3.41. The summed E-state index contributed by atoms with van der Waals surface area (Å²) < 4.78 is 0. The summed E-state index contributed by atoms with van der Waals surface area (Å²) in [6.45, 7) is 2.36. The largest absolute Gasteiger partial charge is 0.377 e. The minimum absolute atomic E-state index is 0.0632. The van der Waals surface area contributed by atoms with Gasteiger partial charge in [0.15, 0.2) is 0 Å². The van der Waals surface area contributed by atoms with Crippen molar-refractivity contribution in [1.82, 2.24) is 0 Å². The van der Waals surface area contributed by atoms with Crippen molar-refractivity contribution in [2.45, 2.75) is 25.8 Å². The van der Waals surface area contributed by atoms with Gasteiger partial charge >= 0.3 is 0 Å². The quantitative estimate of drug-likeness (QED) is 0.486. The Bertz CT molecular complexity index is 1050. The van der Waals surface area contributed by atoms with Crippen molar-refractivity contribution < 1.29 is 9.72 Å². The lowest BCUT2D eigenvalue weighted by Crippen LogP contribution is -2.30. The zero-order valence-electron chi connectivity index (χ0n) is 15.6. The Labute approximate surface area is 162 Å². The van der Waals surface area contributed by atoms with Crippen molar-refractivity contribution in [3.63, 3.8) is 0 Å². The standard InChI is InChI=1S/C22H21N3O3/c1-2-24(20-9-5-7-15-6-3-4-8-18(15)20)22(26)16-10-13-19(23-17-11-12-17)21(14-16)25(27)28/h3-10,13-14,17,23H,2,11-12H2,1H3. The first-order valence-electron chi connectivity index (χ1n) is 9.43. The van der Waals surface area contributed by atoms with Gasteiger partial charge in [0, 0.05) is 29.6 Å². The molecule has 0 unspecified atom stereocenters. The summed E-state index contributed by atoms with van der Waals surface area (Å²) in [5.74, 6) is -0.250. The molecule has 1 saturated carbocycles. The molecule has 0 atom stereocenters. The van der Waals surface area contributed by atoms with Crippen LogP contribution >= 0.6 is 0 Å². The van der Waals surface area contributed by atoms with Crippen molar-refractivity contribution in [3.8, 4) is 0 Å². The molecule has 1 N–H and O–H groups in total. The van der Waals surface area contributed by atoms with Crippen LogP contribution in [-0.2, 0) is 0 Å². The van der Waals surface area contributed by atoms with Gasteiger partial charge in [0.05, 0.1) is 10.6 Å². The lowest BCUT2D eigenvalue weighted by molar-refractivity contribution is -0.384. The number of fused-ring (bicyclic) bond motifs is 1. The molecular formula is C22H21N3O3. The van der Waals surface area contributed by atoms with Gasteiger partial charge in [-0.15, -0.1) is 0 Å². The van der Waals surface area contributed by atoms with E-state index in [4.69, 9.17) is 0 Å². The van der Waals surface area contributed by atoms with E-state index >= 15 is 0 Å². The maximum absolute atomic E-state index is 13.2. The van der Waals surface area contributed by atoms with E-state index in [-0.39, 0.29) is 11.6 Å². The first kappa shape index (κ1) is 18.0. The van der Waals surface area contributed by atoms with Crippen molar-refractivity contribution in [1.29, 1.82) is 0 Å². The molecule has 3 aromatic rings. The molecule has 6 heteroatoms. The van der Waals surface area contributed by atoms with Crippen LogP contribution in [0.4, 0.5) is 17.1 Å². The van der Waals surface area contributed by atoms with E-state index in [0.717, 1.165) is 29.3 Å². The first-order chi connectivity index (χ1) is 13.6. The Morgan fingerprint density at radius 1 is 1.14 bits per heavy atom. The van der Waals surface area contributed by atoms with Crippen LogP contribution in [0.5, 0.6) is 0 Å². The van der Waals surface area contributed by atoms with Gasteiger partial charge in [-0.3, -0.25) is 14.9 Å². The van der Waals surface area contributed by atoms with Gasteiger partial charge in [-0.2, -0.15) is 0 Å². The highest BCUT2D eigenvalue weighted by Gasteiger charge is 2.26.